The Morgan fingerprint density at radius 1 is 1.00 bits per heavy atom. The zero-order valence-electron chi connectivity index (χ0n) is 20.7. The van der Waals surface area contributed by atoms with Gasteiger partial charge in [-0.05, 0) is 49.4 Å². The van der Waals surface area contributed by atoms with Crippen LogP contribution in [0.25, 0.3) is 10.8 Å². The Morgan fingerprint density at radius 3 is 2.49 bits per heavy atom. The van der Waals surface area contributed by atoms with Crippen LogP contribution in [0.2, 0.25) is 0 Å². The van der Waals surface area contributed by atoms with Crippen molar-refractivity contribution in [1.82, 2.24) is 15.5 Å². The van der Waals surface area contributed by atoms with Crippen molar-refractivity contribution in [3.05, 3.63) is 41.5 Å². The molecule has 2 aromatic rings. The van der Waals surface area contributed by atoms with Gasteiger partial charge < -0.3 is 15.8 Å². The number of nitrogens with one attached hydrogen (secondary N) is 2. The number of amides is 5. The predicted octanol–water partition coefficient (Wildman–Crippen LogP) is 2.04. The summed E-state index contributed by atoms with van der Waals surface area (Å²) in [6, 6.07) is 7.14. The van der Waals surface area contributed by atoms with Crippen molar-refractivity contribution in [2.45, 2.75) is 57.4 Å². The van der Waals surface area contributed by atoms with Crippen LogP contribution in [0.15, 0.2) is 30.3 Å². The quantitative estimate of drug-likeness (QED) is 0.293. The number of carbonyl (C=O) groups excluding carboxylic acids is 5. The molecule has 10 nitrogen and oxygen atoms in total. The highest BCUT2D eigenvalue weighted by Crippen LogP contribution is 2.35. The second kappa shape index (κ2) is 12.0. The van der Waals surface area contributed by atoms with Gasteiger partial charge in [0.15, 0.2) is 6.61 Å². The number of piperidine rings is 1. The van der Waals surface area contributed by atoms with E-state index in [-0.39, 0.29) is 30.9 Å². The summed E-state index contributed by atoms with van der Waals surface area (Å²) < 4.78 is 5.69. The van der Waals surface area contributed by atoms with Crippen LogP contribution in [0.3, 0.4) is 0 Å². The van der Waals surface area contributed by atoms with Crippen molar-refractivity contribution in [2.24, 2.45) is 5.73 Å². The number of carbonyl (C=O) groups is 5. The highest BCUT2D eigenvalue weighted by molar-refractivity contribution is 6.27. The maximum atomic E-state index is 13.4. The van der Waals surface area contributed by atoms with Gasteiger partial charge in [0.25, 0.3) is 17.7 Å². The number of benzene rings is 2. The van der Waals surface area contributed by atoms with E-state index in [2.05, 4.69) is 10.6 Å². The summed E-state index contributed by atoms with van der Waals surface area (Å²) in [5.41, 5.74) is 6.00. The van der Waals surface area contributed by atoms with E-state index in [1.165, 1.54) is 6.07 Å². The second-order valence-electron chi connectivity index (χ2n) is 9.37. The molecule has 5 amide bonds. The Labute approximate surface area is 214 Å². The van der Waals surface area contributed by atoms with E-state index in [9.17, 15) is 24.0 Å². The maximum Gasteiger partial charge on any atom is 0.262 e. The Kier molecular flexibility index (Phi) is 8.50. The molecule has 1 fully saturated rings. The lowest BCUT2D eigenvalue weighted by molar-refractivity contribution is -0.136. The average molecular weight is 509 g/mol. The van der Waals surface area contributed by atoms with Gasteiger partial charge in [0.2, 0.25) is 11.8 Å². The number of rotatable bonds is 12. The van der Waals surface area contributed by atoms with Crippen LogP contribution in [0.5, 0.6) is 5.75 Å². The van der Waals surface area contributed by atoms with E-state index in [0.29, 0.717) is 28.6 Å². The van der Waals surface area contributed by atoms with Crippen LogP contribution in [0, 0.1) is 0 Å². The number of hydrogen-bond donors (Lipinski definition) is 3. The standard InChI is InChI=1S/C27H32N4O6/c28-12-5-3-1-2-4-6-13-29-23(33)16-37-18-14-17-8-7-9-19-24(17)20(15-18)27(36)31(26(19)35)21-10-11-22(32)30-25(21)34/h7-9,14-15,21H,1-6,10-13,16,28H2,(H,29,33)(H,30,32,34). The van der Waals surface area contributed by atoms with E-state index in [1.807, 2.05) is 0 Å². The Morgan fingerprint density at radius 2 is 1.73 bits per heavy atom. The topological polar surface area (TPSA) is 148 Å². The lowest BCUT2D eigenvalue weighted by Gasteiger charge is -2.34. The Balaban J connectivity index is 1.41. The molecule has 0 aliphatic carbocycles. The smallest absolute Gasteiger partial charge is 0.262 e. The Hall–Kier alpha value is -3.79. The third-order valence-electron chi connectivity index (χ3n) is 6.69. The fourth-order valence-electron chi connectivity index (χ4n) is 4.80. The summed E-state index contributed by atoms with van der Waals surface area (Å²) in [7, 11) is 0. The number of imide groups is 2. The molecular weight excluding hydrogens is 476 g/mol. The molecular formula is C27H32N4O6. The minimum absolute atomic E-state index is 0.0388. The first-order valence-corrected chi connectivity index (χ1v) is 12.8. The zero-order chi connectivity index (χ0) is 26.4. The molecule has 1 atom stereocenters. The summed E-state index contributed by atoms with van der Waals surface area (Å²) in [6.45, 7) is 1.07. The Bertz CT molecular complexity index is 1230. The van der Waals surface area contributed by atoms with Gasteiger partial charge in [-0.25, -0.2) is 0 Å². The third kappa shape index (κ3) is 5.96. The van der Waals surface area contributed by atoms with Crippen molar-refractivity contribution in [2.75, 3.05) is 19.7 Å². The molecule has 1 unspecified atom stereocenters. The van der Waals surface area contributed by atoms with Gasteiger partial charge in [-0.15, -0.1) is 0 Å². The molecule has 0 aromatic heterocycles. The normalized spacial score (nSPS) is 17.2. The molecule has 0 saturated carbocycles. The first kappa shape index (κ1) is 26.3. The first-order valence-electron chi connectivity index (χ1n) is 12.8. The number of ether oxygens (including phenoxy) is 1. The molecule has 0 bridgehead atoms. The van der Waals surface area contributed by atoms with Gasteiger partial charge in [-0.2, -0.15) is 0 Å². The van der Waals surface area contributed by atoms with Gasteiger partial charge in [0, 0.05) is 23.9 Å². The predicted molar refractivity (Wildman–Crippen MR) is 136 cm³/mol. The highest BCUT2D eigenvalue weighted by Gasteiger charge is 2.42. The highest BCUT2D eigenvalue weighted by atomic mass is 16.5. The van der Waals surface area contributed by atoms with Gasteiger partial charge in [-0.1, -0.05) is 37.8 Å². The van der Waals surface area contributed by atoms with E-state index in [4.69, 9.17) is 10.5 Å². The van der Waals surface area contributed by atoms with Crippen LogP contribution < -0.4 is 21.1 Å². The third-order valence-corrected chi connectivity index (χ3v) is 6.69. The molecule has 2 aliphatic heterocycles. The van der Waals surface area contributed by atoms with Crippen LogP contribution in [-0.2, 0) is 14.4 Å². The minimum Gasteiger partial charge on any atom is -0.484 e. The number of hydrogen-bond acceptors (Lipinski definition) is 7. The van der Waals surface area contributed by atoms with Crippen LogP contribution in [0.1, 0.15) is 72.1 Å². The maximum absolute atomic E-state index is 13.4. The molecule has 2 aliphatic rings. The largest absolute Gasteiger partial charge is 0.484 e. The van der Waals surface area contributed by atoms with Gasteiger partial charge in [0.05, 0.1) is 5.56 Å². The summed E-state index contributed by atoms with van der Waals surface area (Å²) in [6.07, 6.45) is 6.46. The molecule has 196 valence electrons. The summed E-state index contributed by atoms with van der Waals surface area (Å²) in [4.78, 5) is 63.8. The number of nitrogens with two attached hydrogens (primary N) is 1. The minimum atomic E-state index is -1.07. The lowest BCUT2D eigenvalue weighted by atomic mass is 9.91. The SMILES string of the molecule is NCCCCCCCCNC(=O)COc1cc2c3c(cccc3c1)C(=O)N(C1CCC(=O)NC1=O)C2=O. The molecule has 0 spiro atoms. The van der Waals surface area contributed by atoms with E-state index >= 15 is 0 Å². The molecule has 0 radical (unpaired) electrons. The number of unbranched alkanes of at least 4 members (excludes halogenated alkanes) is 5. The second-order valence-corrected chi connectivity index (χ2v) is 9.37. The van der Waals surface area contributed by atoms with Crippen molar-refractivity contribution in [1.29, 1.82) is 0 Å². The molecule has 10 heteroatoms. The van der Waals surface area contributed by atoms with E-state index in [0.717, 1.165) is 50.0 Å². The van der Waals surface area contributed by atoms with Crippen molar-refractivity contribution in [3.8, 4) is 5.75 Å². The molecule has 4 rings (SSSR count). The van der Waals surface area contributed by atoms with Gasteiger partial charge in [-0.3, -0.25) is 34.2 Å². The fraction of sp³-hybridized carbons (Fsp3) is 0.444. The molecule has 2 heterocycles. The number of nitrogens with zero attached hydrogens (tertiary/aromatic N) is 1. The monoisotopic (exact) mass is 508 g/mol. The van der Waals surface area contributed by atoms with Crippen LogP contribution in [-0.4, -0.2) is 60.2 Å². The summed E-state index contributed by atoms with van der Waals surface area (Å²) >= 11 is 0. The van der Waals surface area contributed by atoms with E-state index in [1.54, 1.807) is 24.3 Å². The molecule has 2 aromatic carbocycles. The van der Waals surface area contributed by atoms with Crippen molar-refractivity contribution >= 4 is 40.3 Å². The van der Waals surface area contributed by atoms with Crippen molar-refractivity contribution < 1.29 is 28.7 Å². The van der Waals surface area contributed by atoms with Gasteiger partial charge in [0.1, 0.15) is 11.8 Å². The van der Waals surface area contributed by atoms with Crippen LogP contribution >= 0.6 is 0 Å². The summed E-state index contributed by atoms with van der Waals surface area (Å²) in [5, 5.41) is 6.13. The average Bonchev–Trinajstić information content (AvgIpc) is 2.88. The summed E-state index contributed by atoms with van der Waals surface area (Å²) in [5.74, 6) is -2.28. The molecule has 4 N–H and O–H groups in total. The van der Waals surface area contributed by atoms with Crippen LogP contribution in [0.4, 0.5) is 0 Å². The van der Waals surface area contributed by atoms with Crippen molar-refractivity contribution in [3.63, 3.8) is 0 Å². The lowest BCUT2D eigenvalue weighted by Crippen LogP contribution is -2.57. The molecule has 1 saturated heterocycles. The molecule has 37 heavy (non-hydrogen) atoms. The first-order chi connectivity index (χ1) is 17.9. The fourth-order valence-corrected chi connectivity index (χ4v) is 4.80. The zero-order valence-corrected chi connectivity index (χ0v) is 20.7. The van der Waals surface area contributed by atoms with Gasteiger partial charge >= 0.3 is 0 Å². The van der Waals surface area contributed by atoms with E-state index < -0.39 is 29.7 Å².